The molecule has 0 saturated heterocycles. The summed E-state index contributed by atoms with van der Waals surface area (Å²) >= 11 is 5.79. The third-order valence-electron chi connectivity index (χ3n) is 4.38. The van der Waals surface area contributed by atoms with Crippen molar-refractivity contribution in [2.24, 2.45) is 5.73 Å². The van der Waals surface area contributed by atoms with Gasteiger partial charge in [0.15, 0.2) is 5.82 Å². The Balaban J connectivity index is 2.00. The van der Waals surface area contributed by atoms with Crippen molar-refractivity contribution in [1.82, 2.24) is 15.2 Å². The second-order valence-corrected chi connectivity index (χ2v) is 6.24. The summed E-state index contributed by atoms with van der Waals surface area (Å²) in [6, 6.07) is 9.62. The molecule has 0 aliphatic heterocycles. The van der Waals surface area contributed by atoms with Crippen molar-refractivity contribution in [1.29, 1.82) is 0 Å². The number of hydrogen-bond donors (Lipinski definition) is 3. The number of alkyl halides is 1. The fourth-order valence-electron chi connectivity index (χ4n) is 2.98. The normalized spacial score (nSPS) is 10.8. The van der Waals surface area contributed by atoms with Crippen LogP contribution in [0.3, 0.4) is 0 Å². The van der Waals surface area contributed by atoms with E-state index in [1.54, 1.807) is 14.2 Å². The topological polar surface area (TPSA) is 112 Å². The molecule has 0 radical (unpaired) electrons. The summed E-state index contributed by atoms with van der Waals surface area (Å²) in [6.45, 7) is 0.369. The van der Waals surface area contributed by atoms with Gasteiger partial charge in [0.1, 0.15) is 17.3 Å². The molecule has 0 aliphatic rings. The number of para-hydroxylation sites is 1. The number of rotatable bonds is 7. The number of aromatic amines is 1. The maximum absolute atomic E-state index is 6.41. The van der Waals surface area contributed by atoms with Crippen LogP contribution in [-0.2, 0) is 18.8 Å². The molecule has 0 aliphatic carbocycles. The summed E-state index contributed by atoms with van der Waals surface area (Å²) in [5, 5.41) is 6.99. The maximum atomic E-state index is 6.41. The lowest BCUT2D eigenvalue weighted by molar-refractivity contribution is 0.388. The quantitative estimate of drug-likeness (QED) is 0.424. The first-order chi connectivity index (χ1) is 13.1. The Morgan fingerprint density at radius 2 is 1.81 bits per heavy atom. The molecule has 142 valence electrons. The largest absolute Gasteiger partial charge is 0.496 e. The Labute approximate surface area is 162 Å². The number of anilines is 1. The lowest BCUT2D eigenvalue weighted by atomic mass is 9.97. The van der Waals surface area contributed by atoms with E-state index in [0.29, 0.717) is 36.1 Å². The van der Waals surface area contributed by atoms with Crippen LogP contribution in [0.25, 0.3) is 11.4 Å². The minimum Gasteiger partial charge on any atom is -0.496 e. The van der Waals surface area contributed by atoms with E-state index >= 15 is 0 Å². The molecule has 2 aromatic carbocycles. The first-order valence-electron chi connectivity index (χ1n) is 8.40. The van der Waals surface area contributed by atoms with Gasteiger partial charge in [0, 0.05) is 35.8 Å². The number of H-pyrrole nitrogens is 1. The number of nitrogens with two attached hydrogens (primary N) is 2. The van der Waals surface area contributed by atoms with Crippen LogP contribution in [-0.4, -0.2) is 29.4 Å². The molecule has 1 aromatic heterocycles. The van der Waals surface area contributed by atoms with E-state index in [0.717, 1.165) is 28.0 Å². The van der Waals surface area contributed by atoms with Gasteiger partial charge in [0.05, 0.1) is 20.1 Å². The van der Waals surface area contributed by atoms with Crippen molar-refractivity contribution >= 4 is 17.3 Å². The Kier molecular flexibility index (Phi) is 5.83. The minimum absolute atomic E-state index is 0.261. The lowest BCUT2D eigenvalue weighted by Gasteiger charge is -2.15. The monoisotopic (exact) mass is 387 g/mol. The van der Waals surface area contributed by atoms with Gasteiger partial charge in [-0.3, -0.25) is 5.10 Å². The highest BCUT2D eigenvalue weighted by molar-refractivity contribution is 6.16. The molecule has 0 fully saturated rings. The summed E-state index contributed by atoms with van der Waals surface area (Å²) in [7, 11) is 3.24. The third-order valence-corrected chi connectivity index (χ3v) is 4.63. The van der Waals surface area contributed by atoms with Crippen molar-refractivity contribution in [3.63, 3.8) is 0 Å². The number of ether oxygens (including phenoxy) is 2. The van der Waals surface area contributed by atoms with Gasteiger partial charge >= 0.3 is 0 Å². The van der Waals surface area contributed by atoms with Crippen LogP contribution in [0.2, 0.25) is 0 Å². The lowest BCUT2D eigenvalue weighted by Crippen LogP contribution is -2.05. The molecule has 5 N–H and O–H groups in total. The number of aromatic nitrogens is 3. The molecular formula is C19H22ClN5O2. The standard InChI is InChI=1S/C19H22ClN5O2/c1-26-15-8-16(27-2)13(10-21)7-12(15)6-11-4-3-5-14(18(11)22)19-23-17(9-20)24-25-19/h3-5,7-8H,6,9-10,21-22H2,1-2H3,(H,23,24,25). The van der Waals surface area contributed by atoms with Crippen molar-refractivity contribution in [3.05, 3.63) is 52.8 Å². The molecule has 0 atom stereocenters. The average molecular weight is 388 g/mol. The van der Waals surface area contributed by atoms with E-state index in [1.807, 2.05) is 30.3 Å². The number of nitrogens with zero attached hydrogens (tertiary/aromatic N) is 2. The molecule has 0 bridgehead atoms. The van der Waals surface area contributed by atoms with E-state index in [4.69, 9.17) is 32.5 Å². The molecule has 0 unspecified atom stereocenters. The van der Waals surface area contributed by atoms with E-state index in [9.17, 15) is 0 Å². The average Bonchev–Trinajstić information content (AvgIpc) is 3.18. The zero-order chi connectivity index (χ0) is 19.4. The number of halogens is 1. The summed E-state index contributed by atoms with van der Waals surface area (Å²) in [5.74, 6) is 2.80. The minimum atomic E-state index is 0.261. The third kappa shape index (κ3) is 3.84. The molecule has 3 aromatic rings. The maximum Gasteiger partial charge on any atom is 0.183 e. The van der Waals surface area contributed by atoms with Crippen molar-refractivity contribution in [2.45, 2.75) is 18.8 Å². The number of methoxy groups -OCH3 is 2. The fourth-order valence-corrected chi connectivity index (χ4v) is 3.10. The van der Waals surface area contributed by atoms with Crippen LogP contribution >= 0.6 is 11.6 Å². The molecule has 0 spiro atoms. The summed E-state index contributed by atoms with van der Waals surface area (Å²) in [4.78, 5) is 4.36. The van der Waals surface area contributed by atoms with Crippen LogP contribution in [0.5, 0.6) is 11.5 Å². The molecule has 7 nitrogen and oxygen atoms in total. The van der Waals surface area contributed by atoms with Crippen LogP contribution in [0, 0.1) is 0 Å². The van der Waals surface area contributed by atoms with Gasteiger partial charge in [-0.2, -0.15) is 5.10 Å². The molecule has 27 heavy (non-hydrogen) atoms. The zero-order valence-corrected chi connectivity index (χ0v) is 16.0. The highest BCUT2D eigenvalue weighted by Gasteiger charge is 2.15. The fraction of sp³-hybridized carbons (Fsp3) is 0.263. The van der Waals surface area contributed by atoms with E-state index in [2.05, 4.69) is 15.2 Å². The van der Waals surface area contributed by atoms with Crippen LogP contribution in [0.1, 0.15) is 22.5 Å². The van der Waals surface area contributed by atoms with Crippen molar-refractivity contribution < 1.29 is 9.47 Å². The second-order valence-electron chi connectivity index (χ2n) is 5.97. The van der Waals surface area contributed by atoms with Gasteiger partial charge in [0.2, 0.25) is 0 Å². The smallest absolute Gasteiger partial charge is 0.183 e. The Bertz CT molecular complexity index is 942. The molecule has 0 saturated carbocycles. The highest BCUT2D eigenvalue weighted by atomic mass is 35.5. The predicted molar refractivity (Wildman–Crippen MR) is 106 cm³/mol. The molecular weight excluding hydrogens is 366 g/mol. The molecule has 3 rings (SSSR count). The SMILES string of the molecule is COc1cc(OC)c(Cc2cccc(-c3n[nH]c(CCl)n3)c2N)cc1CN. The van der Waals surface area contributed by atoms with E-state index in [1.165, 1.54) is 0 Å². The number of nitrogen functional groups attached to an aromatic ring is 1. The first-order valence-corrected chi connectivity index (χ1v) is 8.93. The Morgan fingerprint density at radius 3 is 2.44 bits per heavy atom. The Morgan fingerprint density at radius 1 is 1.07 bits per heavy atom. The zero-order valence-electron chi connectivity index (χ0n) is 15.3. The highest BCUT2D eigenvalue weighted by Crippen LogP contribution is 2.33. The van der Waals surface area contributed by atoms with Gasteiger partial charge in [0.25, 0.3) is 0 Å². The van der Waals surface area contributed by atoms with Crippen LogP contribution in [0.4, 0.5) is 5.69 Å². The summed E-state index contributed by atoms with van der Waals surface area (Å²) in [5.41, 5.74) is 16.5. The van der Waals surface area contributed by atoms with Gasteiger partial charge in [-0.05, 0) is 23.3 Å². The van der Waals surface area contributed by atoms with Crippen LogP contribution < -0.4 is 20.9 Å². The van der Waals surface area contributed by atoms with E-state index in [-0.39, 0.29) is 5.88 Å². The molecule has 1 heterocycles. The molecule has 8 heteroatoms. The van der Waals surface area contributed by atoms with E-state index < -0.39 is 0 Å². The number of benzene rings is 2. The first kappa shape index (κ1) is 19.0. The number of nitrogens with one attached hydrogen (secondary N) is 1. The number of hydrogen-bond acceptors (Lipinski definition) is 6. The van der Waals surface area contributed by atoms with Crippen LogP contribution in [0.15, 0.2) is 30.3 Å². The van der Waals surface area contributed by atoms with Crippen molar-refractivity contribution in [2.75, 3.05) is 20.0 Å². The second kappa shape index (κ2) is 8.28. The summed E-state index contributed by atoms with van der Waals surface area (Å²) < 4.78 is 10.9. The summed E-state index contributed by atoms with van der Waals surface area (Å²) in [6.07, 6.45) is 0.576. The van der Waals surface area contributed by atoms with Gasteiger partial charge < -0.3 is 20.9 Å². The Hall–Kier alpha value is -2.77. The molecule has 0 amide bonds. The van der Waals surface area contributed by atoms with Gasteiger partial charge in [-0.25, -0.2) is 4.98 Å². The predicted octanol–water partition coefficient (Wildman–Crippen LogP) is 2.86. The van der Waals surface area contributed by atoms with Gasteiger partial charge in [-0.1, -0.05) is 12.1 Å². The van der Waals surface area contributed by atoms with Crippen molar-refractivity contribution in [3.8, 4) is 22.9 Å². The van der Waals surface area contributed by atoms with Gasteiger partial charge in [-0.15, -0.1) is 11.6 Å².